The number of hydrogen-bond acceptors (Lipinski definition) is 4. The molecule has 0 radical (unpaired) electrons. The molecule has 0 bridgehead atoms. The largest absolute Gasteiger partial charge is 0.409 e. The fourth-order valence-corrected chi connectivity index (χ4v) is 3.48. The molecule has 1 saturated heterocycles. The van der Waals surface area contributed by atoms with Gasteiger partial charge in [-0.25, -0.2) is 0 Å². The topological polar surface area (TPSA) is 78.9 Å². The van der Waals surface area contributed by atoms with Crippen LogP contribution >= 0.6 is 11.8 Å². The summed E-state index contributed by atoms with van der Waals surface area (Å²) < 4.78 is -0.312. The summed E-state index contributed by atoms with van der Waals surface area (Å²) in [6.45, 7) is 3.56. The predicted molar refractivity (Wildman–Crippen MR) is 84.2 cm³/mol. The minimum Gasteiger partial charge on any atom is -0.409 e. The lowest BCUT2D eigenvalue weighted by molar-refractivity contribution is -0.132. The van der Waals surface area contributed by atoms with Crippen molar-refractivity contribution < 1.29 is 10.0 Å². The number of amidine groups is 1. The van der Waals surface area contributed by atoms with Crippen LogP contribution in [0.3, 0.4) is 0 Å². The van der Waals surface area contributed by atoms with Crippen molar-refractivity contribution in [1.29, 1.82) is 0 Å². The maximum Gasteiger partial charge on any atom is 0.222 e. The first-order valence-corrected chi connectivity index (χ1v) is 8.63. The van der Waals surface area contributed by atoms with E-state index < -0.39 is 0 Å². The molecule has 1 rings (SSSR count). The van der Waals surface area contributed by atoms with Gasteiger partial charge in [0.1, 0.15) is 0 Å². The van der Waals surface area contributed by atoms with Gasteiger partial charge in [0, 0.05) is 19.5 Å². The number of oxime groups is 1. The lowest BCUT2D eigenvalue weighted by Gasteiger charge is -2.39. The van der Waals surface area contributed by atoms with E-state index in [4.69, 9.17) is 10.9 Å². The number of hydrogen-bond donors (Lipinski definition) is 2. The Bertz CT molecular complexity index is 339. The van der Waals surface area contributed by atoms with E-state index in [0.29, 0.717) is 19.5 Å². The molecule has 1 amide bonds. The summed E-state index contributed by atoms with van der Waals surface area (Å²) in [6.07, 6.45) is 8.64. The van der Waals surface area contributed by atoms with Gasteiger partial charge in [0.05, 0.1) is 4.75 Å². The molecule has 1 heterocycles. The van der Waals surface area contributed by atoms with Crippen LogP contribution in [0, 0.1) is 0 Å². The second kappa shape index (κ2) is 8.39. The highest BCUT2D eigenvalue weighted by molar-refractivity contribution is 8.00. The number of piperidine rings is 1. The summed E-state index contributed by atoms with van der Waals surface area (Å²) in [5, 5.41) is 12.1. The third-order valence-electron chi connectivity index (χ3n) is 4.13. The summed E-state index contributed by atoms with van der Waals surface area (Å²) in [4.78, 5) is 14.0. The van der Waals surface area contributed by atoms with Gasteiger partial charge in [0.15, 0.2) is 5.84 Å². The maximum atomic E-state index is 12.1. The molecule has 1 aliphatic rings. The quantitative estimate of drug-likeness (QED) is 0.249. The third-order valence-corrected chi connectivity index (χ3v) is 5.53. The molecule has 0 aromatic carbocycles. The zero-order valence-corrected chi connectivity index (χ0v) is 13.4. The number of carbonyl (C=O) groups excluding carboxylic acids is 1. The van der Waals surface area contributed by atoms with Gasteiger partial charge in [-0.05, 0) is 25.5 Å². The van der Waals surface area contributed by atoms with Crippen molar-refractivity contribution in [3.63, 3.8) is 0 Å². The number of amides is 1. The Morgan fingerprint density at radius 3 is 2.50 bits per heavy atom. The molecule has 5 nitrogen and oxygen atoms in total. The summed E-state index contributed by atoms with van der Waals surface area (Å²) in [7, 11) is 0. The molecule has 0 spiro atoms. The highest BCUT2D eigenvalue weighted by Gasteiger charge is 2.39. The second-order valence-electron chi connectivity index (χ2n) is 5.38. The van der Waals surface area contributed by atoms with Crippen molar-refractivity contribution in [3.05, 3.63) is 0 Å². The zero-order chi connectivity index (χ0) is 15.0. The predicted octanol–water partition coefficient (Wildman–Crippen LogP) is 2.43. The summed E-state index contributed by atoms with van der Waals surface area (Å²) >= 11 is 1.61. The molecule has 20 heavy (non-hydrogen) atoms. The Labute approximate surface area is 126 Å². The molecule has 0 aliphatic carbocycles. The first kappa shape index (κ1) is 17.1. The Balaban J connectivity index is 2.43. The summed E-state index contributed by atoms with van der Waals surface area (Å²) in [5.74, 6) is 0.523. The molecule has 6 heteroatoms. The Morgan fingerprint density at radius 1 is 1.35 bits per heavy atom. The van der Waals surface area contributed by atoms with Gasteiger partial charge in [-0.15, -0.1) is 0 Å². The van der Waals surface area contributed by atoms with Crippen LogP contribution in [0.15, 0.2) is 5.16 Å². The number of nitrogens with zero attached hydrogens (tertiary/aromatic N) is 2. The molecule has 116 valence electrons. The van der Waals surface area contributed by atoms with Crippen LogP contribution in [0.2, 0.25) is 0 Å². The van der Waals surface area contributed by atoms with Crippen LogP contribution in [0.5, 0.6) is 0 Å². The molecule has 0 saturated carbocycles. The van der Waals surface area contributed by atoms with Gasteiger partial charge in [0.25, 0.3) is 0 Å². The van der Waals surface area contributed by atoms with Crippen molar-refractivity contribution in [2.75, 3.05) is 19.3 Å². The van der Waals surface area contributed by atoms with E-state index in [0.717, 1.165) is 25.7 Å². The Hall–Kier alpha value is -0.910. The number of thioether (sulfide) groups is 1. The van der Waals surface area contributed by atoms with Crippen LogP contribution < -0.4 is 5.73 Å². The minimum atomic E-state index is -0.312. The normalized spacial score (nSPS) is 19.1. The van der Waals surface area contributed by atoms with E-state index in [2.05, 4.69) is 12.1 Å². The van der Waals surface area contributed by atoms with Crippen molar-refractivity contribution in [2.24, 2.45) is 10.9 Å². The third kappa shape index (κ3) is 4.30. The highest BCUT2D eigenvalue weighted by atomic mass is 32.2. The molecular weight excluding hydrogens is 274 g/mol. The molecule has 3 N–H and O–H groups in total. The molecule has 0 aromatic heterocycles. The number of carbonyl (C=O) groups is 1. The molecular formula is C14H27N3O2S. The van der Waals surface area contributed by atoms with Crippen molar-refractivity contribution >= 4 is 23.5 Å². The lowest BCUT2D eigenvalue weighted by atomic mass is 9.94. The van der Waals surface area contributed by atoms with Crippen molar-refractivity contribution in [2.45, 2.75) is 56.6 Å². The van der Waals surface area contributed by atoms with Gasteiger partial charge in [-0.2, -0.15) is 11.8 Å². The first-order valence-electron chi connectivity index (χ1n) is 7.40. The summed E-state index contributed by atoms with van der Waals surface area (Å²) in [6, 6.07) is 0. The number of rotatable bonds is 7. The maximum absolute atomic E-state index is 12.1. The van der Waals surface area contributed by atoms with E-state index in [1.807, 2.05) is 11.2 Å². The Kier molecular flexibility index (Phi) is 7.19. The monoisotopic (exact) mass is 301 g/mol. The molecule has 0 aromatic rings. The fourth-order valence-electron chi connectivity index (χ4n) is 2.63. The molecule has 1 fully saturated rings. The van der Waals surface area contributed by atoms with Gasteiger partial charge in [0.2, 0.25) is 5.91 Å². The van der Waals surface area contributed by atoms with E-state index in [1.54, 1.807) is 11.8 Å². The van der Waals surface area contributed by atoms with Crippen LogP contribution in [-0.4, -0.2) is 45.9 Å². The Morgan fingerprint density at radius 2 is 2.00 bits per heavy atom. The minimum absolute atomic E-state index is 0.246. The highest BCUT2D eigenvalue weighted by Crippen LogP contribution is 2.35. The van der Waals surface area contributed by atoms with E-state index >= 15 is 0 Å². The van der Waals surface area contributed by atoms with Gasteiger partial charge in [-0.3, -0.25) is 4.79 Å². The van der Waals surface area contributed by atoms with Gasteiger partial charge < -0.3 is 15.8 Å². The number of nitrogens with two attached hydrogens (primary N) is 1. The second-order valence-corrected chi connectivity index (χ2v) is 6.56. The van der Waals surface area contributed by atoms with Gasteiger partial charge >= 0.3 is 0 Å². The standard InChI is InChI=1S/C14H27N3O2S/c1-3-4-5-6-7-12(18)17-10-8-14(20-2,9-11-17)13(15)16-19/h19H,3-11H2,1-2H3,(H2,15,16). The van der Waals surface area contributed by atoms with Crippen LogP contribution in [0.4, 0.5) is 0 Å². The van der Waals surface area contributed by atoms with Crippen LogP contribution in [-0.2, 0) is 4.79 Å². The van der Waals surface area contributed by atoms with E-state index in [-0.39, 0.29) is 16.5 Å². The first-order chi connectivity index (χ1) is 9.59. The zero-order valence-electron chi connectivity index (χ0n) is 12.6. The smallest absolute Gasteiger partial charge is 0.222 e. The summed E-state index contributed by atoms with van der Waals surface area (Å²) in [5.41, 5.74) is 5.80. The average molecular weight is 301 g/mol. The average Bonchev–Trinajstić information content (AvgIpc) is 2.50. The van der Waals surface area contributed by atoms with Crippen LogP contribution in [0.1, 0.15) is 51.9 Å². The van der Waals surface area contributed by atoms with E-state index in [1.165, 1.54) is 12.8 Å². The van der Waals surface area contributed by atoms with Crippen molar-refractivity contribution in [3.8, 4) is 0 Å². The molecule has 0 atom stereocenters. The number of likely N-dealkylation sites (tertiary alicyclic amines) is 1. The van der Waals surface area contributed by atoms with Crippen LogP contribution in [0.25, 0.3) is 0 Å². The molecule has 0 unspecified atom stereocenters. The van der Waals surface area contributed by atoms with E-state index in [9.17, 15) is 4.79 Å². The lowest BCUT2D eigenvalue weighted by Crippen LogP contribution is -2.51. The SMILES string of the molecule is CCCCCCC(=O)N1CCC(SC)(C(N)=NO)CC1. The molecule has 1 aliphatic heterocycles. The van der Waals surface area contributed by atoms with Crippen molar-refractivity contribution in [1.82, 2.24) is 4.90 Å². The number of unbranched alkanes of at least 4 members (excludes halogenated alkanes) is 3. The fraction of sp³-hybridized carbons (Fsp3) is 0.857. The van der Waals surface area contributed by atoms with Gasteiger partial charge in [-0.1, -0.05) is 31.3 Å².